The van der Waals surface area contributed by atoms with Crippen molar-refractivity contribution < 1.29 is 4.79 Å². The maximum absolute atomic E-state index is 11.4. The Kier molecular flexibility index (Phi) is 3.62. The Labute approximate surface area is 111 Å². The van der Waals surface area contributed by atoms with Gasteiger partial charge < -0.3 is 5.73 Å². The SMILES string of the molecule is C=CC(=O)C1CC(N(N)c2cc(C(=N)N)ccn2)C1. The zero-order valence-electron chi connectivity index (χ0n) is 10.5. The number of ketones is 1. The summed E-state index contributed by atoms with van der Waals surface area (Å²) < 4.78 is 0. The van der Waals surface area contributed by atoms with Crippen molar-refractivity contribution in [2.24, 2.45) is 17.5 Å². The maximum atomic E-state index is 11.4. The van der Waals surface area contributed by atoms with E-state index in [9.17, 15) is 4.79 Å². The minimum Gasteiger partial charge on any atom is -0.384 e. The minimum atomic E-state index is -0.0228. The Balaban J connectivity index is 2.03. The van der Waals surface area contributed by atoms with E-state index < -0.39 is 0 Å². The van der Waals surface area contributed by atoms with Crippen LogP contribution >= 0.6 is 0 Å². The summed E-state index contributed by atoms with van der Waals surface area (Å²) in [5.41, 5.74) is 6.01. The Morgan fingerprint density at radius 2 is 2.26 bits per heavy atom. The van der Waals surface area contributed by atoms with E-state index in [2.05, 4.69) is 11.6 Å². The van der Waals surface area contributed by atoms with Crippen molar-refractivity contribution in [1.29, 1.82) is 5.41 Å². The molecule has 5 N–H and O–H groups in total. The topological polar surface area (TPSA) is 109 Å². The van der Waals surface area contributed by atoms with Crippen molar-refractivity contribution in [2.45, 2.75) is 18.9 Å². The average Bonchev–Trinajstić information content (AvgIpc) is 2.36. The van der Waals surface area contributed by atoms with Crippen LogP contribution in [0, 0.1) is 11.3 Å². The van der Waals surface area contributed by atoms with Gasteiger partial charge in [-0.2, -0.15) is 0 Å². The van der Waals surface area contributed by atoms with E-state index in [1.807, 2.05) is 0 Å². The normalized spacial score (nSPS) is 21.3. The molecule has 6 heteroatoms. The highest BCUT2D eigenvalue weighted by Gasteiger charge is 2.36. The number of hydrazine groups is 1. The minimum absolute atomic E-state index is 0.0181. The van der Waals surface area contributed by atoms with Crippen LogP contribution in [0.2, 0.25) is 0 Å². The molecule has 0 spiro atoms. The Hall–Kier alpha value is -2.21. The monoisotopic (exact) mass is 259 g/mol. The molecular weight excluding hydrogens is 242 g/mol. The molecule has 0 unspecified atom stereocenters. The molecule has 1 aromatic heterocycles. The first-order chi connectivity index (χ1) is 9.02. The number of allylic oxidation sites excluding steroid dienone is 1. The van der Waals surface area contributed by atoms with Crippen LogP contribution in [0.1, 0.15) is 18.4 Å². The smallest absolute Gasteiger partial charge is 0.158 e. The standard InChI is InChI=1S/C13H17N5O/c1-2-11(19)9-5-10(6-9)18(16)12-7-8(13(14)15)3-4-17-12/h2-4,7,9-10H,1,5-6,16H2,(H3,14,15). The van der Waals surface area contributed by atoms with E-state index in [0.717, 1.165) is 0 Å². The Bertz CT molecular complexity index is 522. The lowest BCUT2D eigenvalue weighted by Gasteiger charge is -2.39. The molecule has 0 aromatic carbocycles. The highest BCUT2D eigenvalue weighted by Crippen LogP contribution is 2.33. The number of anilines is 1. The predicted molar refractivity (Wildman–Crippen MR) is 73.6 cm³/mol. The van der Waals surface area contributed by atoms with E-state index in [4.69, 9.17) is 17.0 Å². The summed E-state index contributed by atoms with van der Waals surface area (Å²) in [5, 5.41) is 8.93. The lowest BCUT2D eigenvalue weighted by Crippen LogP contribution is -2.51. The fourth-order valence-electron chi connectivity index (χ4n) is 2.13. The van der Waals surface area contributed by atoms with Crippen LogP contribution in [0.5, 0.6) is 0 Å². The number of nitrogens with zero attached hydrogens (tertiary/aromatic N) is 2. The summed E-state index contributed by atoms with van der Waals surface area (Å²) in [4.78, 5) is 15.6. The lowest BCUT2D eigenvalue weighted by atomic mass is 9.77. The summed E-state index contributed by atoms with van der Waals surface area (Å²) in [5.74, 6) is 6.61. The molecule has 0 bridgehead atoms. The van der Waals surface area contributed by atoms with Gasteiger partial charge >= 0.3 is 0 Å². The maximum Gasteiger partial charge on any atom is 0.158 e. The van der Waals surface area contributed by atoms with Gasteiger partial charge in [0.15, 0.2) is 5.78 Å². The molecular formula is C13H17N5O. The van der Waals surface area contributed by atoms with Crippen LogP contribution in [-0.2, 0) is 4.79 Å². The predicted octanol–water partition coefficient (Wildman–Crippen LogP) is 0.579. The molecule has 0 amide bonds. The molecule has 1 saturated carbocycles. The number of hydrogen-bond acceptors (Lipinski definition) is 5. The Morgan fingerprint density at radius 3 is 2.84 bits per heavy atom. The Morgan fingerprint density at radius 1 is 1.58 bits per heavy atom. The molecule has 100 valence electrons. The van der Waals surface area contributed by atoms with Crippen molar-refractivity contribution in [3.05, 3.63) is 36.5 Å². The number of amidine groups is 1. The van der Waals surface area contributed by atoms with Crippen LogP contribution < -0.4 is 16.6 Å². The fraction of sp³-hybridized carbons (Fsp3) is 0.308. The van der Waals surface area contributed by atoms with Gasteiger partial charge in [0.1, 0.15) is 11.7 Å². The van der Waals surface area contributed by atoms with Crippen LogP contribution in [0.3, 0.4) is 0 Å². The second-order valence-electron chi connectivity index (χ2n) is 4.65. The molecule has 1 fully saturated rings. The van der Waals surface area contributed by atoms with E-state index in [0.29, 0.717) is 24.2 Å². The number of carbonyl (C=O) groups is 1. The van der Waals surface area contributed by atoms with Crippen molar-refractivity contribution >= 4 is 17.4 Å². The zero-order chi connectivity index (χ0) is 14.0. The second-order valence-corrected chi connectivity index (χ2v) is 4.65. The number of pyridine rings is 1. The number of aromatic nitrogens is 1. The van der Waals surface area contributed by atoms with Gasteiger partial charge in [0, 0.05) is 23.7 Å². The van der Waals surface area contributed by atoms with Gasteiger partial charge in [0.2, 0.25) is 0 Å². The molecule has 1 aromatic rings. The van der Waals surface area contributed by atoms with Crippen LogP contribution in [0.25, 0.3) is 0 Å². The number of nitrogen functional groups attached to an aromatic ring is 1. The number of rotatable bonds is 5. The number of nitrogens with two attached hydrogens (primary N) is 2. The molecule has 0 radical (unpaired) electrons. The summed E-state index contributed by atoms with van der Waals surface area (Å²) in [6.45, 7) is 3.48. The first kappa shape index (κ1) is 13.2. The van der Waals surface area contributed by atoms with E-state index in [-0.39, 0.29) is 23.6 Å². The van der Waals surface area contributed by atoms with Gasteiger partial charge in [0.05, 0.1) is 0 Å². The largest absolute Gasteiger partial charge is 0.384 e. The summed E-state index contributed by atoms with van der Waals surface area (Å²) in [7, 11) is 0. The third kappa shape index (κ3) is 2.63. The fourth-order valence-corrected chi connectivity index (χ4v) is 2.13. The number of carbonyl (C=O) groups excluding carboxylic acids is 1. The molecule has 0 atom stereocenters. The molecule has 19 heavy (non-hydrogen) atoms. The molecule has 0 saturated heterocycles. The van der Waals surface area contributed by atoms with Gasteiger partial charge in [-0.15, -0.1) is 0 Å². The first-order valence-corrected chi connectivity index (χ1v) is 6.03. The van der Waals surface area contributed by atoms with Crippen LogP contribution in [0.4, 0.5) is 5.82 Å². The molecule has 1 aliphatic carbocycles. The van der Waals surface area contributed by atoms with Crippen molar-refractivity contribution in [1.82, 2.24) is 4.98 Å². The zero-order valence-corrected chi connectivity index (χ0v) is 10.5. The second kappa shape index (κ2) is 5.19. The van der Waals surface area contributed by atoms with Gasteiger partial charge in [-0.05, 0) is 31.1 Å². The van der Waals surface area contributed by atoms with E-state index >= 15 is 0 Å². The van der Waals surface area contributed by atoms with Gasteiger partial charge in [-0.1, -0.05) is 6.58 Å². The molecule has 6 nitrogen and oxygen atoms in total. The number of nitrogens with one attached hydrogen (secondary N) is 1. The van der Waals surface area contributed by atoms with Crippen molar-refractivity contribution in [2.75, 3.05) is 5.01 Å². The number of hydrogen-bond donors (Lipinski definition) is 3. The van der Waals surface area contributed by atoms with Crippen LogP contribution in [-0.4, -0.2) is 22.6 Å². The van der Waals surface area contributed by atoms with Crippen molar-refractivity contribution in [3.63, 3.8) is 0 Å². The van der Waals surface area contributed by atoms with Gasteiger partial charge in [0.25, 0.3) is 0 Å². The molecule has 0 aliphatic heterocycles. The summed E-state index contributed by atoms with van der Waals surface area (Å²) in [6, 6.07) is 3.42. The highest BCUT2D eigenvalue weighted by molar-refractivity contribution is 5.95. The lowest BCUT2D eigenvalue weighted by molar-refractivity contribution is -0.120. The van der Waals surface area contributed by atoms with E-state index in [1.165, 1.54) is 6.08 Å². The van der Waals surface area contributed by atoms with Gasteiger partial charge in [-0.3, -0.25) is 15.2 Å². The molecule has 1 aliphatic rings. The average molecular weight is 259 g/mol. The summed E-state index contributed by atoms with van der Waals surface area (Å²) >= 11 is 0. The van der Waals surface area contributed by atoms with Gasteiger partial charge in [-0.25, -0.2) is 10.8 Å². The third-order valence-electron chi connectivity index (χ3n) is 3.43. The third-order valence-corrected chi connectivity index (χ3v) is 3.43. The van der Waals surface area contributed by atoms with E-state index in [1.54, 1.807) is 23.3 Å². The molecule has 2 rings (SSSR count). The van der Waals surface area contributed by atoms with Crippen molar-refractivity contribution in [3.8, 4) is 0 Å². The summed E-state index contributed by atoms with van der Waals surface area (Å²) in [6.07, 6.45) is 4.33. The molecule has 1 heterocycles. The first-order valence-electron chi connectivity index (χ1n) is 6.03. The quantitative estimate of drug-likeness (QED) is 0.235. The van der Waals surface area contributed by atoms with Crippen LogP contribution in [0.15, 0.2) is 31.0 Å². The highest BCUT2D eigenvalue weighted by atomic mass is 16.1.